The van der Waals surface area contributed by atoms with Gasteiger partial charge in [-0.1, -0.05) is 50.1 Å². The van der Waals surface area contributed by atoms with E-state index in [2.05, 4.69) is 54.0 Å². The summed E-state index contributed by atoms with van der Waals surface area (Å²) in [7, 11) is 0. The number of aromatic amines is 2. The molecule has 0 radical (unpaired) electrons. The van der Waals surface area contributed by atoms with Gasteiger partial charge in [0.05, 0.1) is 15.9 Å². The minimum atomic E-state index is -0.179. The van der Waals surface area contributed by atoms with Crippen molar-refractivity contribution >= 4 is 42.9 Å². The molecule has 19 heavy (non-hydrogen) atoms. The van der Waals surface area contributed by atoms with Crippen LogP contribution in [0.1, 0.15) is 16.0 Å². The van der Waals surface area contributed by atoms with Crippen LogP contribution in [0.25, 0.3) is 11.0 Å². The Kier molecular flexibility index (Phi) is 3.33. The number of alkyl halides is 1. The van der Waals surface area contributed by atoms with Gasteiger partial charge < -0.3 is 9.97 Å². The number of hydrogen-bond acceptors (Lipinski definition) is 1. The molecule has 0 amide bonds. The molecule has 1 unspecified atom stereocenters. The van der Waals surface area contributed by atoms with E-state index in [1.54, 1.807) is 0 Å². The molecule has 2 N–H and O–H groups in total. The number of nitrogens with one attached hydrogen (secondary N) is 2. The third-order valence-corrected chi connectivity index (χ3v) is 4.58. The highest BCUT2D eigenvalue weighted by Gasteiger charge is 2.11. The van der Waals surface area contributed by atoms with Crippen LogP contribution in [-0.4, -0.2) is 9.97 Å². The second kappa shape index (κ2) is 4.98. The number of rotatable bonds is 2. The van der Waals surface area contributed by atoms with Gasteiger partial charge in [0, 0.05) is 4.47 Å². The number of fused-ring (bicyclic) bond motifs is 1. The smallest absolute Gasteiger partial charge is 0.306 e. The first-order valence-electron chi connectivity index (χ1n) is 5.75. The lowest BCUT2D eigenvalue weighted by Gasteiger charge is -2.10. The highest BCUT2D eigenvalue weighted by Crippen LogP contribution is 2.32. The van der Waals surface area contributed by atoms with Gasteiger partial charge in [-0.3, -0.25) is 0 Å². The van der Waals surface area contributed by atoms with E-state index in [0.29, 0.717) is 0 Å². The van der Waals surface area contributed by atoms with Crippen LogP contribution >= 0.6 is 31.9 Å². The summed E-state index contributed by atoms with van der Waals surface area (Å²) in [4.78, 5) is 16.9. The highest BCUT2D eigenvalue weighted by atomic mass is 79.9. The number of hydrogen-bond donors (Lipinski definition) is 2. The zero-order valence-corrected chi connectivity index (χ0v) is 13.0. The fraction of sp³-hybridized carbons (Fsp3) is 0.0714. The van der Waals surface area contributed by atoms with E-state index < -0.39 is 0 Å². The molecule has 0 fully saturated rings. The monoisotopic (exact) mass is 380 g/mol. The van der Waals surface area contributed by atoms with E-state index in [1.165, 1.54) is 5.56 Å². The van der Waals surface area contributed by atoms with Gasteiger partial charge in [0.25, 0.3) is 0 Å². The molecular formula is C14H10Br2N2O. The van der Waals surface area contributed by atoms with Crippen molar-refractivity contribution in [2.45, 2.75) is 4.83 Å². The molecule has 0 aliphatic carbocycles. The third kappa shape index (κ3) is 2.53. The molecule has 5 heteroatoms. The van der Waals surface area contributed by atoms with Crippen molar-refractivity contribution in [3.05, 3.63) is 68.5 Å². The van der Waals surface area contributed by atoms with Crippen molar-refractivity contribution in [3.63, 3.8) is 0 Å². The molecule has 0 saturated heterocycles. The second-order valence-corrected chi connectivity index (χ2v) is 6.13. The van der Waals surface area contributed by atoms with Crippen LogP contribution in [-0.2, 0) is 0 Å². The van der Waals surface area contributed by atoms with Crippen molar-refractivity contribution in [3.8, 4) is 0 Å². The van der Waals surface area contributed by atoms with Crippen LogP contribution in [0, 0.1) is 0 Å². The summed E-state index contributed by atoms with van der Waals surface area (Å²) in [6.45, 7) is 0. The number of H-pyrrole nitrogens is 2. The van der Waals surface area contributed by atoms with Gasteiger partial charge in [-0.2, -0.15) is 0 Å². The standard InChI is InChI=1S/C14H10Br2N2O/c15-10-4-1-8(2-5-10)13(16)9-3-6-11-12(7-9)18-14(19)17-11/h1-7,13H,(H2,17,18,19). The maximum Gasteiger partial charge on any atom is 0.323 e. The van der Waals surface area contributed by atoms with Crippen molar-refractivity contribution in [2.75, 3.05) is 0 Å². The van der Waals surface area contributed by atoms with E-state index >= 15 is 0 Å². The molecule has 3 rings (SSSR count). The molecule has 1 heterocycles. The number of halogens is 2. The lowest BCUT2D eigenvalue weighted by Crippen LogP contribution is -1.99. The Hall–Kier alpha value is -1.33. The Labute approximate surface area is 126 Å². The SMILES string of the molecule is O=c1[nH]c2ccc(C(Br)c3ccc(Br)cc3)cc2[nH]1. The molecule has 1 aromatic heterocycles. The maximum atomic E-state index is 11.2. The second-order valence-electron chi connectivity index (χ2n) is 4.30. The normalized spacial score (nSPS) is 12.7. The lowest BCUT2D eigenvalue weighted by molar-refractivity contribution is 1.18. The molecule has 2 aromatic carbocycles. The minimum Gasteiger partial charge on any atom is -0.306 e. The number of imidazole rings is 1. The van der Waals surface area contributed by atoms with Gasteiger partial charge in [0.1, 0.15) is 0 Å². The van der Waals surface area contributed by atoms with Crippen molar-refractivity contribution in [1.29, 1.82) is 0 Å². The first kappa shape index (κ1) is 12.7. The Morgan fingerprint density at radius 1 is 0.895 bits per heavy atom. The van der Waals surface area contributed by atoms with Gasteiger partial charge in [-0.15, -0.1) is 0 Å². The zero-order chi connectivity index (χ0) is 13.4. The average molecular weight is 382 g/mol. The summed E-state index contributed by atoms with van der Waals surface area (Å²) >= 11 is 7.12. The van der Waals surface area contributed by atoms with Gasteiger partial charge in [0.15, 0.2) is 0 Å². The number of benzene rings is 2. The summed E-state index contributed by atoms with van der Waals surface area (Å²) in [5.41, 5.74) is 3.74. The maximum absolute atomic E-state index is 11.2. The van der Waals surface area contributed by atoms with Crippen molar-refractivity contribution in [1.82, 2.24) is 9.97 Å². The molecule has 96 valence electrons. The van der Waals surface area contributed by atoms with Crippen LogP contribution in [0.15, 0.2) is 51.7 Å². The predicted molar refractivity (Wildman–Crippen MR) is 83.8 cm³/mol. The molecule has 0 bridgehead atoms. The van der Waals surface area contributed by atoms with E-state index in [4.69, 9.17) is 0 Å². The molecule has 1 atom stereocenters. The largest absolute Gasteiger partial charge is 0.323 e. The van der Waals surface area contributed by atoms with Crippen LogP contribution < -0.4 is 5.69 Å². The summed E-state index contributed by atoms with van der Waals surface area (Å²) in [6, 6.07) is 14.1. The third-order valence-electron chi connectivity index (χ3n) is 3.00. The van der Waals surface area contributed by atoms with Gasteiger partial charge in [-0.05, 0) is 35.4 Å². The van der Waals surface area contributed by atoms with E-state index in [9.17, 15) is 4.79 Å². The Balaban J connectivity index is 2.03. The molecule has 0 aliphatic rings. The van der Waals surface area contributed by atoms with E-state index in [0.717, 1.165) is 21.1 Å². The molecule has 0 saturated carbocycles. The van der Waals surface area contributed by atoms with Crippen LogP contribution in [0.5, 0.6) is 0 Å². The zero-order valence-electron chi connectivity index (χ0n) is 9.78. The Morgan fingerprint density at radius 2 is 1.53 bits per heavy atom. The van der Waals surface area contributed by atoms with Crippen LogP contribution in [0.4, 0.5) is 0 Å². The summed E-state index contributed by atoms with van der Waals surface area (Å²) < 4.78 is 1.06. The lowest BCUT2D eigenvalue weighted by atomic mass is 10.0. The van der Waals surface area contributed by atoms with Gasteiger partial charge in [0.2, 0.25) is 0 Å². The highest BCUT2D eigenvalue weighted by molar-refractivity contribution is 9.10. The first-order valence-corrected chi connectivity index (χ1v) is 7.46. The molecular weight excluding hydrogens is 372 g/mol. The average Bonchev–Trinajstić information content (AvgIpc) is 2.77. The first-order chi connectivity index (χ1) is 9.13. The Bertz CT molecular complexity index is 774. The summed E-state index contributed by atoms with van der Waals surface area (Å²) in [5.74, 6) is 0. The Morgan fingerprint density at radius 3 is 2.26 bits per heavy atom. The fourth-order valence-corrected chi connectivity index (χ4v) is 2.89. The van der Waals surface area contributed by atoms with E-state index in [-0.39, 0.29) is 10.5 Å². The number of aromatic nitrogens is 2. The molecule has 3 nitrogen and oxygen atoms in total. The van der Waals surface area contributed by atoms with Crippen molar-refractivity contribution < 1.29 is 0 Å². The molecule has 3 aromatic rings. The molecule has 0 spiro atoms. The van der Waals surface area contributed by atoms with Gasteiger partial charge in [-0.25, -0.2) is 4.79 Å². The van der Waals surface area contributed by atoms with Gasteiger partial charge >= 0.3 is 5.69 Å². The van der Waals surface area contributed by atoms with E-state index in [1.807, 2.05) is 30.3 Å². The topological polar surface area (TPSA) is 48.6 Å². The quantitative estimate of drug-likeness (QED) is 0.645. The van der Waals surface area contributed by atoms with Crippen molar-refractivity contribution in [2.24, 2.45) is 0 Å². The fourth-order valence-electron chi connectivity index (χ4n) is 2.03. The van der Waals surface area contributed by atoms with Crippen LogP contribution in [0.2, 0.25) is 0 Å². The minimum absolute atomic E-state index is 0.100. The molecule has 0 aliphatic heterocycles. The summed E-state index contributed by atoms with van der Waals surface area (Å²) in [5, 5.41) is 0. The van der Waals surface area contributed by atoms with Crippen LogP contribution in [0.3, 0.4) is 0 Å². The summed E-state index contributed by atoms with van der Waals surface area (Å²) in [6.07, 6.45) is 0. The predicted octanol–water partition coefficient (Wildman–Crippen LogP) is 4.10.